The van der Waals surface area contributed by atoms with E-state index in [1.165, 1.54) is 25.5 Å². The molecular weight excluding hydrogens is 284 g/mol. The van der Waals surface area contributed by atoms with Gasteiger partial charge in [-0.2, -0.15) is 0 Å². The van der Waals surface area contributed by atoms with Crippen LogP contribution in [0.1, 0.15) is 0 Å². The molecule has 0 aliphatic rings. The first-order chi connectivity index (χ1) is 8.19. The quantitative estimate of drug-likeness (QED) is 0.604. The zero-order valence-corrected chi connectivity index (χ0v) is 13.3. The van der Waals surface area contributed by atoms with Crippen LogP contribution >= 0.6 is 47.9 Å². The van der Waals surface area contributed by atoms with Crippen molar-refractivity contribution in [1.82, 2.24) is 0 Å². The van der Waals surface area contributed by atoms with Crippen LogP contribution in [0.15, 0.2) is 43.8 Å². The minimum absolute atomic E-state index is 1.04. The molecule has 0 nitrogen and oxygen atoms in total. The summed E-state index contributed by atoms with van der Waals surface area (Å²) in [7, 11) is 0. The Hall–Kier alpha value is 0.1000. The van der Waals surface area contributed by atoms with E-state index < -0.39 is 0 Å². The first-order valence-corrected chi connectivity index (χ1v) is 9.24. The van der Waals surface area contributed by atoms with Crippen molar-refractivity contribution in [3.8, 4) is 0 Å². The third-order valence-corrected chi connectivity index (χ3v) is 5.15. The first-order valence-electron chi connectivity index (χ1n) is 5.12. The number of hydrogen-bond acceptors (Lipinski definition) is 4. The van der Waals surface area contributed by atoms with Crippen molar-refractivity contribution in [2.75, 3.05) is 18.8 Å². The molecule has 0 N–H and O–H groups in total. The predicted molar refractivity (Wildman–Crippen MR) is 86.5 cm³/mol. The highest BCUT2D eigenvalue weighted by Gasteiger charge is 2.08. The molecule has 0 saturated heterocycles. The fourth-order valence-electron chi connectivity index (χ4n) is 1.81. The highest BCUT2D eigenvalue weighted by atomic mass is 32.2. The first kappa shape index (κ1) is 13.5. The largest absolute Gasteiger partial charge is 0.143 e. The fourth-order valence-corrected chi connectivity index (χ4v) is 3.97. The second-order valence-corrected chi connectivity index (χ2v) is 6.67. The van der Waals surface area contributed by atoms with Crippen LogP contribution in [-0.4, -0.2) is 18.8 Å². The minimum atomic E-state index is 1.04. The molecule has 0 heterocycles. The lowest BCUT2D eigenvalue weighted by Crippen LogP contribution is -1.84. The number of hydrogen-bond donors (Lipinski definition) is 1. The lowest BCUT2D eigenvalue weighted by molar-refractivity contribution is 1.33. The van der Waals surface area contributed by atoms with Crippen LogP contribution in [0.3, 0.4) is 0 Å². The van der Waals surface area contributed by atoms with Crippen LogP contribution in [0.4, 0.5) is 0 Å². The van der Waals surface area contributed by atoms with Gasteiger partial charge in [0.05, 0.1) is 0 Å². The summed E-state index contributed by atoms with van der Waals surface area (Å²) in [6.07, 6.45) is 6.37. The standard InChI is InChI=1S/C13H14S4/c1-15-9-6-11-10(13(7-9)17-3)4-8(14)5-12(11)16-2/h4-7,14H,1-3H3. The second kappa shape index (κ2) is 5.83. The van der Waals surface area contributed by atoms with E-state index in [0.717, 1.165) is 4.90 Å². The van der Waals surface area contributed by atoms with Crippen molar-refractivity contribution >= 4 is 58.7 Å². The van der Waals surface area contributed by atoms with Crippen LogP contribution < -0.4 is 0 Å². The highest BCUT2D eigenvalue weighted by Crippen LogP contribution is 2.37. The molecule has 0 aliphatic heterocycles. The van der Waals surface area contributed by atoms with Crippen molar-refractivity contribution in [2.45, 2.75) is 19.6 Å². The van der Waals surface area contributed by atoms with Gasteiger partial charge in [0.1, 0.15) is 0 Å². The van der Waals surface area contributed by atoms with Gasteiger partial charge in [0.15, 0.2) is 0 Å². The van der Waals surface area contributed by atoms with Gasteiger partial charge < -0.3 is 0 Å². The molecule has 90 valence electrons. The molecular formula is C13H14S4. The van der Waals surface area contributed by atoms with Crippen molar-refractivity contribution in [1.29, 1.82) is 0 Å². The number of fused-ring (bicyclic) bond motifs is 1. The van der Waals surface area contributed by atoms with Gasteiger partial charge in [-0.3, -0.25) is 0 Å². The van der Waals surface area contributed by atoms with E-state index in [0.29, 0.717) is 0 Å². The van der Waals surface area contributed by atoms with Crippen molar-refractivity contribution < 1.29 is 0 Å². The molecule has 0 radical (unpaired) electrons. The zero-order chi connectivity index (χ0) is 12.4. The van der Waals surface area contributed by atoms with Gasteiger partial charge in [-0.25, -0.2) is 0 Å². The lowest BCUT2D eigenvalue weighted by Gasteiger charge is -2.11. The maximum absolute atomic E-state index is 4.49. The molecule has 2 aromatic rings. The van der Waals surface area contributed by atoms with Gasteiger partial charge in [-0.05, 0) is 53.8 Å². The summed E-state index contributed by atoms with van der Waals surface area (Å²) in [6, 6.07) is 8.84. The van der Waals surface area contributed by atoms with E-state index >= 15 is 0 Å². The molecule has 0 unspecified atom stereocenters. The summed E-state index contributed by atoms with van der Waals surface area (Å²) in [5.74, 6) is 0. The summed E-state index contributed by atoms with van der Waals surface area (Å²) < 4.78 is 0. The van der Waals surface area contributed by atoms with Crippen LogP contribution in [0.2, 0.25) is 0 Å². The fraction of sp³-hybridized carbons (Fsp3) is 0.231. The number of thioether (sulfide) groups is 3. The van der Waals surface area contributed by atoms with Gasteiger partial charge in [0.25, 0.3) is 0 Å². The lowest BCUT2D eigenvalue weighted by atomic mass is 10.1. The second-order valence-electron chi connectivity index (χ2n) is 3.57. The van der Waals surface area contributed by atoms with Crippen LogP contribution in [0.5, 0.6) is 0 Å². The van der Waals surface area contributed by atoms with Gasteiger partial charge in [-0.15, -0.1) is 47.9 Å². The Balaban J connectivity index is 2.83. The van der Waals surface area contributed by atoms with Crippen LogP contribution in [0, 0.1) is 0 Å². The Kier molecular flexibility index (Phi) is 4.64. The Labute approximate surface area is 121 Å². The molecule has 0 atom stereocenters. The van der Waals surface area contributed by atoms with Crippen molar-refractivity contribution in [3.63, 3.8) is 0 Å². The van der Waals surface area contributed by atoms with Gasteiger partial charge in [0.2, 0.25) is 0 Å². The minimum Gasteiger partial charge on any atom is -0.143 e. The van der Waals surface area contributed by atoms with Gasteiger partial charge >= 0.3 is 0 Å². The molecule has 2 aromatic carbocycles. The van der Waals surface area contributed by atoms with Gasteiger partial charge in [-0.1, -0.05) is 0 Å². The number of thiol groups is 1. The molecule has 0 aliphatic carbocycles. The normalized spacial score (nSPS) is 11.1. The molecule has 0 aromatic heterocycles. The predicted octanol–water partition coefficient (Wildman–Crippen LogP) is 5.29. The SMILES string of the molecule is CSc1cc(SC)c2cc(S)cc(SC)c2c1. The van der Waals surface area contributed by atoms with Crippen molar-refractivity contribution in [3.05, 3.63) is 24.3 Å². The van der Waals surface area contributed by atoms with E-state index in [1.54, 1.807) is 35.3 Å². The summed E-state index contributed by atoms with van der Waals surface area (Å²) in [6.45, 7) is 0. The highest BCUT2D eigenvalue weighted by molar-refractivity contribution is 7.99. The Morgan fingerprint density at radius 1 is 0.765 bits per heavy atom. The average molecular weight is 299 g/mol. The maximum Gasteiger partial charge on any atom is 0.0160 e. The Bertz CT molecular complexity index is 549. The molecule has 0 saturated carbocycles. The number of benzene rings is 2. The van der Waals surface area contributed by atoms with E-state index in [1.807, 2.05) is 0 Å². The molecule has 4 heteroatoms. The number of rotatable bonds is 3. The van der Waals surface area contributed by atoms with E-state index in [-0.39, 0.29) is 0 Å². The zero-order valence-electron chi connectivity index (χ0n) is 9.98. The molecule has 0 amide bonds. The summed E-state index contributed by atoms with van der Waals surface area (Å²) in [5.41, 5.74) is 0. The van der Waals surface area contributed by atoms with E-state index in [4.69, 9.17) is 0 Å². The molecule has 0 fully saturated rings. The summed E-state index contributed by atoms with van der Waals surface area (Å²) in [4.78, 5) is 5.00. The molecule has 2 rings (SSSR count). The van der Waals surface area contributed by atoms with E-state index in [9.17, 15) is 0 Å². The average Bonchev–Trinajstić information content (AvgIpc) is 2.36. The van der Waals surface area contributed by atoms with Crippen LogP contribution in [-0.2, 0) is 0 Å². The third-order valence-electron chi connectivity index (χ3n) is 2.63. The maximum atomic E-state index is 4.49. The molecule has 17 heavy (non-hydrogen) atoms. The molecule has 0 bridgehead atoms. The Morgan fingerprint density at radius 3 is 1.94 bits per heavy atom. The third kappa shape index (κ3) is 2.75. The summed E-state index contributed by atoms with van der Waals surface area (Å²) >= 11 is 9.87. The van der Waals surface area contributed by atoms with Crippen LogP contribution in [0.25, 0.3) is 10.8 Å². The topological polar surface area (TPSA) is 0 Å². The molecule has 0 spiro atoms. The monoisotopic (exact) mass is 298 g/mol. The Morgan fingerprint density at radius 2 is 1.35 bits per heavy atom. The van der Waals surface area contributed by atoms with E-state index in [2.05, 4.69) is 55.7 Å². The summed E-state index contributed by atoms with van der Waals surface area (Å²) in [5, 5.41) is 2.65. The van der Waals surface area contributed by atoms with Crippen molar-refractivity contribution in [2.24, 2.45) is 0 Å². The smallest absolute Gasteiger partial charge is 0.0160 e. The van der Waals surface area contributed by atoms with Gasteiger partial charge in [0, 0.05) is 19.6 Å².